The van der Waals surface area contributed by atoms with Crippen molar-refractivity contribution in [2.24, 2.45) is 0 Å². The topological polar surface area (TPSA) is 0 Å². The highest BCUT2D eigenvalue weighted by Gasteiger charge is 2.07. The van der Waals surface area contributed by atoms with Crippen LogP contribution in [0.25, 0.3) is 10.1 Å². The van der Waals surface area contributed by atoms with E-state index in [1.807, 2.05) is 0 Å². The maximum absolute atomic E-state index is 5.84. The highest BCUT2D eigenvalue weighted by molar-refractivity contribution is 14.1. The number of fused-ring (bicyclic) bond motifs is 1. The molecular weight excluding hydrogens is 382 g/mol. The molecule has 2 aromatic rings. The number of hydrogen-bond donors (Lipinski definition) is 0. The van der Waals surface area contributed by atoms with E-state index in [1.54, 1.807) is 11.3 Å². The van der Waals surface area contributed by atoms with E-state index in [-0.39, 0.29) is 0 Å². The highest BCUT2D eigenvalue weighted by Crippen LogP contribution is 2.34. The molecule has 0 unspecified atom stereocenters. The molecule has 0 atom stereocenters. The molecule has 0 N–H and O–H groups in total. The molecular formula is C9H5BrClIS. The minimum absolute atomic E-state index is 0.583. The van der Waals surface area contributed by atoms with Gasteiger partial charge in [0.25, 0.3) is 0 Å². The fourth-order valence-electron chi connectivity index (χ4n) is 1.25. The van der Waals surface area contributed by atoms with Gasteiger partial charge in [-0.25, -0.2) is 0 Å². The zero-order chi connectivity index (χ0) is 9.42. The fraction of sp³-hybridized carbons (Fsp3) is 0.111. The summed E-state index contributed by atoms with van der Waals surface area (Å²) in [6, 6.07) is 4.30. The number of alkyl halides is 1. The number of hydrogen-bond acceptors (Lipinski definition) is 1. The molecule has 0 aliphatic heterocycles. The van der Waals surface area contributed by atoms with E-state index in [1.165, 1.54) is 19.2 Å². The summed E-state index contributed by atoms with van der Waals surface area (Å²) in [6.07, 6.45) is 0. The van der Waals surface area contributed by atoms with E-state index in [0.29, 0.717) is 5.88 Å². The van der Waals surface area contributed by atoms with E-state index in [0.717, 1.165) is 4.47 Å². The standard InChI is InChI=1S/C9H5BrClIS/c10-7-1-6(12)2-8-9(7)5(3-11)4-13-8/h1-2,4H,3H2. The summed E-state index contributed by atoms with van der Waals surface area (Å²) in [5.74, 6) is 0.583. The Morgan fingerprint density at radius 3 is 2.92 bits per heavy atom. The Labute approximate surface area is 108 Å². The molecule has 0 bridgehead atoms. The van der Waals surface area contributed by atoms with Crippen LogP contribution in [0, 0.1) is 3.57 Å². The Balaban J connectivity index is 2.82. The summed E-state index contributed by atoms with van der Waals surface area (Å²) < 4.78 is 3.70. The van der Waals surface area contributed by atoms with Gasteiger partial charge in [-0.1, -0.05) is 15.9 Å². The summed E-state index contributed by atoms with van der Waals surface area (Å²) in [6.45, 7) is 0. The van der Waals surface area contributed by atoms with Crippen LogP contribution in [-0.4, -0.2) is 0 Å². The van der Waals surface area contributed by atoms with E-state index in [4.69, 9.17) is 11.6 Å². The average molecular weight is 387 g/mol. The molecule has 1 aromatic carbocycles. The molecule has 68 valence electrons. The summed E-state index contributed by atoms with van der Waals surface area (Å²) >= 11 is 13.5. The van der Waals surface area contributed by atoms with Crippen molar-refractivity contribution in [2.75, 3.05) is 0 Å². The average Bonchev–Trinajstić information content (AvgIpc) is 2.47. The van der Waals surface area contributed by atoms with Gasteiger partial charge in [-0.3, -0.25) is 0 Å². The normalized spacial score (nSPS) is 11.0. The summed E-state index contributed by atoms with van der Waals surface area (Å²) in [5.41, 5.74) is 1.21. The van der Waals surface area contributed by atoms with Gasteiger partial charge in [0.2, 0.25) is 0 Å². The molecule has 0 amide bonds. The predicted molar refractivity (Wildman–Crippen MR) is 71.8 cm³/mol. The van der Waals surface area contributed by atoms with Crippen molar-refractivity contribution in [3.63, 3.8) is 0 Å². The second kappa shape index (κ2) is 4.04. The van der Waals surface area contributed by atoms with Gasteiger partial charge in [0, 0.05) is 24.0 Å². The van der Waals surface area contributed by atoms with Crippen molar-refractivity contribution in [2.45, 2.75) is 5.88 Å². The van der Waals surface area contributed by atoms with Gasteiger partial charge in [-0.05, 0) is 45.7 Å². The molecule has 0 aliphatic rings. The Kier molecular flexibility index (Phi) is 3.18. The lowest BCUT2D eigenvalue weighted by Crippen LogP contribution is -1.77. The summed E-state index contributed by atoms with van der Waals surface area (Å²) in [7, 11) is 0. The maximum Gasteiger partial charge on any atom is 0.0488 e. The SMILES string of the molecule is ClCc1csc2cc(I)cc(Br)c12. The lowest BCUT2D eigenvalue weighted by Gasteiger charge is -1.98. The van der Waals surface area contributed by atoms with Crippen LogP contribution >= 0.6 is 61.5 Å². The van der Waals surface area contributed by atoms with Gasteiger partial charge in [0.05, 0.1) is 0 Å². The molecule has 2 rings (SSSR count). The van der Waals surface area contributed by atoms with Crippen LogP contribution in [0.15, 0.2) is 22.0 Å². The molecule has 0 radical (unpaired) electrons. The first-order chi connectivity index (χ1) is 6.22. The number of halogens is 3. The first kappa shape index (κ1) is 10.2. The van der Waals surface area contributed by atoms with Crippen molar-refractivity contribution >= 4 is 71.5 Å². The number of benzene rings is 1. The fourth-order valence-corrected chi connectivity index (χ4v) is 4.68. The van der Waals surface area contributed by atoms with Crippen LogP contribution in [0.4, 0.5) is 0 Å². The lowest BCUT2D eigenvalue weighted by molar-refractivity contribution is 1.49. The molecule has 0 saturated heterocycles. The van der Waals surface area contributed by atoms with Gasteiger partial charge >= 0.3 is 0 Å². The Morgan fingerprint density at radius 2 is 2.23 bits per heavy atom. The molecule has 1 aromatic heterocycles. The summed E-state index contributed by atoms with van der Waals surface area (Å²) in [5, 5.41) is 3.39. The monoisotopic (exact) mass is 386 g/mol. The van der Waals surface area contributed by atoms with Crippen LogP contribution in [-0.2, 0) is 5.88 Å². The van der Waals surface area contributed by atoms with E-state index in [2.05, 4.69) is 56.0 Å². The Bertz CT molecular complexity index is 452. The third-order valence-electron chi connectivity index (χ3n) is 1.81. The minimum Gasteiger partial charge on any atom is -0.143 e. The molecule has 0 fully saturated rings. The van der Waals surface area contributed by atoms with Gasteiger partial charge < -0.3 is 0 Å². The summed E-state index contributed by atoms with van der Waals surface area (Å²) in [4.78, 5) is 0. The second-order valence-electron chi connectivity index (χ2n) is 2.66. The molecule has 0 saturated carbocycles. The van der Waals surface area contributed by atoms with E-state index < -0.39 is 0 Å². The van der Waals surface area contributed by atoms with Crippen LogP contribution < -0.4 is 0 Å². The lowest BCUT2D eigenvalue weighted by atomic mass is 10.2. The van der Waals surface area contributed by atoms with Crippen molar-refractivity contribution in [1.29, 1.82) is 0 Å². The minimum atomic E-state index is 0.583. The molecule has 0 nitrogen and oxygen atoms in total. The molecule has 0 aliphatic carbocycles. The highest BCUT2D eigenvalue weighted by atomic mass is 127. The first-order valence-electron chi connectivity index (χ1n) is 3.63. The van der Waals surface area contributed by atoms with Gasteiger partial charge in [-0.2, -0.15) is 0 Å². The number of rotatable bonds is 1. The van der Waals surface area contributed by atoms with E-state index >= 15 is 0 Å². The third kappa shape index (κ3) is 1.89. The van der Waals surface area contributed by atoms with Gasteiger partial charge in [0.15, 0.2) is 0 Å². The molecule has 4 heteroatoms. The van der Waals surface area contributed by atoms with Crippen molar-refractivity contribution < 1.29 is 0 Å². The largest absolute Gasteiger partial charge is 0.143 e. The zero-order valence-corrected chi connectivity index (χ0v) is 11.8. The van der Waals surface area contributed by atoms with Crippen LogP contribution in [0.3, 0.4) is 0 Å². The molecule has 1 heterocycles. The first-order valence-corrected chi connectivity index (χ1v) is 6.92. The predicted octanol–water partition coefficient (Wildman–Crippen LogP) is 5.01. The van der Waals surface area contributed by atoms with Crippen molar-refractivity contribution in [3.05, 3.63) is 31.1 Å². The quantitative estimate of drug-likeness (QED) is 0.477. The van der Waals surface area contributed by atoms with Crippen molar-refractivity contribution in [3.8, 4) is 0 Å². The smallest absolute Gasteiger partial charge is 0.0488 e. The second-order valence-corrected chi connectivity index (χ2v) is 5.93. The molecule has 13 heavy (non-hydrogen) atoms. The van der Waals surface area contributed by atoms with Gasteiger partial charge in [0.1, 0.15) is 0 Å². The maximum atomic E-state index is 5.84. The zero-order valence-electron chi connectivity index (χ0n) is 6.48. The van der Waals surface area contributed by atoms with Crippen LogP contribution in [0.2, 0.25) is 0 Å². The van der Waals surface area contributed by atoms with Crippen LogP contribution in [0.1, 0.15) is 5.56 Å². The Morgan fingerprint density at radius 1 is 1.46 bits per heavy atom. The van der Waals surface area contributed by atoms with Gasteiger partial charge in [-0.15, -0.1) is 22.9 Å². The third-order valence-corrected chi connectivity index (χ3v) is 4.33. The Hall–Kier alpha value is 0.680. The van der Waals surface area contributed by atoms with Crippen LogP contribution in [0.5, 0.6) is 0 Å². The molecule has 0 spiro atoms. The van der Waals surface area contributed by atoms with Crippen molar-refractivity contribution in [1.82, 2.24) is 0 Å². The van der Waals surface area contributed by atoms with E-state index in [9.17, 15) is 0 Å². The number of thiophene rings is 1.